The molecule has 1 rings (SSSR count). The molecule has 114 valence electrons. The summed E-state index contributed by atoms with van der Waals surface area (Å²) in [6.45, 7) is 16.8. The van der Waals surface area contributed by atoms with E-state index in [2.05, 4.69) is 76.0 Å². The van der Waals surface area contributed by atoms with Crippen molar-refractivity contribution in [3.8, 4) is 0 Å². The van der Waals surface area contributed by atoms with Crippen LogP contribution in [0.15, 0.2) is 24.3 Å². The van der Waals surface area contributed by atoms with Gasteiger partial charge in [-0.1, -0.05) is 45.0 Å². The summed E-state index contributed by atoms with van der Waals surface area (Å²) >= 11 is 0. The molecule has 0 aliphatic rings. The van der Waals surface area contributed by atoms with Crippen LogP contribution in [0.5, 0.6) is 0 Å². The Hall–Kier alpha value is -0.860. The Balaban J connectivity index is 2.87. The summed E-state index contributed by atoms with van der Waals surface area (Å²) in [5.41, 5.74) is 2.82. The Morgan fingerprint density at radius 1 is 1.05 bits per heavy atom. The molecule has 0 heterocycles. The molecule has 1 aromatic rings. The van der Waals surface area contributed by atoms with Gasteiger partial charge in [0, 0.05) is 25.2 Å². The molecule has 0 saturated carbocycles. The molecule has 2 nitrogen and oxygen atoms in total. The first-order chi connectivity index (χ1) is 9.45. The third-order valence-electron chi connectivity index (χ3n) is 3.76. The summed E-state index contributed by atoms with van der Waals surface area (Å²) in [5, 5.41) is 3.66. The Bertz CT molecular complexity index is 385. The summed E-state index contributed by atoms with van der Waals surface area (Å²) in [4.78, 5) is 2.59. The third-order valence-corrected chi connectivity index (χ3v) is 3.76. The summed E-state index contributed by atoms with van der Waals surface area (Å²) in [6.07, 6.45) is 0. The second kappa shape index (κ2) is 8.43. The predicted octanol–water partition coefficient (Wildman–Crippen LogP) is 4.01. The van der Waals surface area contributed by atoms with Crippen LogP contribution in [-0.2, 0) is 0 Å². The Morgan fingerprint density at radius 2 is 1.70 bits per heavy atom. The largest absolute Gasteiger partial charge is 0.309 e. The number of nitrogens with one attached hydrogen (secondary N) is 1. The van der Waals surface area contributed by atoms with E-state index in [-0.39, 0.29) is 0 Å². The molecular formula is C18H32N2. The first-order valence-corrected chi connectivity index (χ1v) is 7.98. The molecule has 0 aliphatic heterocycles. The molecule has 0 amide bonds. The van der Waals surface area contributed by atoms with E-state index in [1.807, 2.05) is 0 Å². The smallest absolute Gasteiger partial charge is 0.0451 e. The van der Waals surface area contributed by atoms with E-state index in [4.69, 9.17) is 0 Å². The fourth-order valence-corrected chi connectivity index (χ4v) is 2.70. The molecule has 1 aromatic carbocycles. The van der Waals surface area contributed by atoms with Crippen LogP contribution in [0.1, 0.15) is 51.8 Å². The number of nitrogens with zero attached hydrogens (tertiary/aromatic N) is 1. The first-order valence-electron chi connectivity index (χ1n) is 7.98. The zero-order valence-corrected chi connectivity index (χ0v) is 14.1. The van der Waals surface area contributed by atoms with E-state index in [1.54, 1.807) is 0 Å². The lowest BCUT2D eigenvalue weighted by atomic mass is 10.00. The van der Waals surface area contributed by atoms with Crippen LogP contribution in [0.25, 0.3) is 0 Å². The minimum Gasteiger partial charge on any atom is -0.309 e. The number of rotatable bonds is 8. The van der Waals surface area contributed by atoms with Gasteiger partial charge in [-0.2, -0.15) is 0 Å². The summed E-state index contributed by atoms with van der Waals surface area (Å²) in [6, 6.07) is 9.74. The highest BCUT2D eigenvalue weighted by Crippen LogP contribution is 2.20. The summed E-state index contributed by atoms with van der Waals surface area (Å²) < 4.78 is 0. The zero-order chi connectivity index (χ0) is 15.1. The van der Waals surface area contributed by atoms with Crippen molar-refractivity contribution in [2.24, 2.45) is 5.92 Å². The van der Waals surface area contributed by atoms with Crippen LogP contribution in [0.4, 0.5) is 0 Å². The normalized spacial score (nSPS) is 13.4. The van der Waals surface area contributed by atoms with Gasteiger partial charge in [-0.25, -0.2) is 0 Å². The van der Waals surface area contributed by atoms with Gasteiger partial charge in [-0.05, 0) is 44.4 Å². The van der Waals surface area contributed by atoms with E-state index in [9.17, 15) is 0 Å². The molecule has 0 fully saturated rings. The third kappa shape index (κ3) is 5.26. The van der Waals surface area contributed by atoms with Crippen LogP contribution < -0.4 is 5.32 Å². The number of likely N-dealkylation sites (N-methyl/N-ethyl adjacent to an activating group) is 1. The Kier molecular flexibility index (Phi) is 7.25. The van der Waals surface area contributed by atoms with Gasteiger partial charge in [-0.3, -0.25) is 4.90 Å². The molecule has 0 spiro atoms. The van der Waals surface area contributed by atoms with Crippen molar-refractivity contribution in [2.45, 2.75) is 53.6 Å². The van der Waals surface area contributed by atoms with Gasteiger partial charge in [-0.15, -0.1) is 0 Å². The average molecular weight is 276 g/mol. The van der Waals surface area contributed by atoms with Crippen molar-refractivity contribution >= 4 is 0 Å². The van der Waals surface area contributed by atoms with Crippen LogP contribution >= 0.6 is 0 Å². The van der Waals surface area contributed by atoms with E-state index in [0.717, 1.165) is 19.6 Å². The van der Waals surface area contributed by atoms with Crippen molar-refractivity contribution in [2.75, 3.05) is 19.6 Å². The highest BCUT2D eigenvalue weighted by molar-refractivity contribution is 5.29. The van der Waals surface area contributed by atoms with Crippen molar-refractivity contribution in [3.63, 3.8) is 0 Å². The van der Waals surface area contributed by atoms with Gasteiger partial charge in [0.15, 0.2) is 0 Å². The maximum Gasteiger partial charge on any atom is 0.0451 e. The van der Waals surface area contributed by atoms with Crippen molar-refractivity contribution in [1.82, 2.24) is 10.2 Å². The van der Waals surface area contributed by atoms with Gasteiger partial charge in [0.25, 0.3) is 0 Å². The lowest BCUT2D eigenvalue weighted by molar-refractivity contribution is 0.177. The van der Waals surface area contributed by atoms with Crippen molar-refractivity contribution in [3.05, 3.63) is 35.4 Å². The van der Waals surface area contributed by atoms with Crippen LogP contribution in [-0.4, -0.2) is 30.6 Å². The molecule has 1 N–H and O–H groups in total. The van der Waals surface area contributed by atoms with Gasteiger partial charge in [0.05, 0.1) is 0 Å². The molecule has 1 unspecified atom stereocenters. The molecule has 0 aromatic heterocycles. The second-order valence-corrected chi connectivity index (χ2v) is 6.41. The molecule has 20 heavy (non-hydrogen) atoms. The summed E-state index contributed by atoms with van der Waals surface area (Å²) in [7, 11) is 0. The Labute approximate surface area is 125 Å². The molecule has 0 aliphatic carbocycles. The molecule has 0 saturated heterocycles. The van der Waals surface area contributed by atoms with Gasteiger partial charge < -0.3 is 5.32 Å². The van der Waals surface area contributed by atoms with Crippen LogP contribution in [0.3, 0.4) is 0 Å². The molecule has 0 bridgehead atoms. The van der Waals surface area contributed by atoms with Gasteiger partial charge in [0.1, 0.15) is 0 Å². The number of hydrogen-bond donors (Lipinski definition) is 1. The quantitative estimate of drug-likeness (QED) is 0.771. The average Bonchev–Trinajstić information content (AvgIpc) is 2.37. The molecular weight excluding hydrogens is 244 g/mol. The van der Waals surface area contributed by atoms with Crippen LogP contribution in [0.2, 0.25) is 0 Å². The van der Waals surface area contributed by atoms with E-state index in [1.165, 1.54) is 11.1 Å². The maximum absolute atomic E-state index is 3.66. The predicted molar refractivity (Wildman–Crippen MR) is 89.1 cm³/mol. The highest BCUT2D eigenvalue weighted by atomic mass is 15.2. The topological polar surface area (TPSA) is 15.3 Å². The number of aryl methyl sites for hydroxylation is 1. The summed E-state index contributed by atoms with van der Waals surface area (Å²) in [5.74, 6) is 0.705. The second-order valence-electron chi connectivity index (χ2n) is 6.41. The van der Waals surface area contributed by atoms with Crippen molar-refractivity contribution < 1.29 is 0 Å². The lowest BCUT2D eigenvalue weighted by Crippen LogP contribution is -2.41. The lowest BCUT2D eigenvalue weighted by Gasteiger charge is -2.33. The standard InChI is InChI=1S/C18H32N2/c1-7-19-18(17-11-9-8-10-16(17)6)13-20(15(4)5)12-14(2)3/h8-11,14-15,18-19H,7,12-13H2,1-6H3. The van der Waals surface area contributed by atoms with E-state index in [0.29, 0.717) is 18.0 Å². The SMILES string of the molecule is CCNC(CN(CC(C)C)C(C)C)c1ccccc1C. The minimum absolute atomic E-state index is 0.419. The fourth-order valence-electron chi connectivity index (χ4n) is 2.70. The van der Waals surface area contributed by atoms with Gasteiger partial charge in [0.2, 0.25) is 0 Å². The molecule has 1 atom stereocenters. The number of benzene rings is 1. The van der Waals surface area contributed by atoms with Gasteiger partial charge >= 0.3 is 0 Å². The van der Waals surface area contributed by atoms with E-state index >= 15 is 0 Å². The monoisotopic (exact) mass is 276 g/mol. The molecule has 0 radical (unpaired) electrons. The molecule has 2 heteroatoms. The first kappa shape index (κ1) is 17.2. The maximum atomic E-state index is 3.66. The highest BCUT2D eigenvalue weighted by Gasteiger charge is 2.19. The van der Waals surface area contributed by atoms with Crippen LogP contribution in [0, 0.1) is 12.8 Å². The van der Waals surface area contributed by atoms with Crippen molar-refractivity contribution in [1.29, 1.82) is 0 Å². The number of hydrogen-bond acceptors (Lipinski definition) is 2. The fraction of sp³-hybridized carbons (Fsp3) is 0.667. The minimum atomic E-state index is 0.419. The zero-order valence-electron chi connectivity index (χ0n) is 14.1. The van der Waals surface area contributed by atoms with E-state index < -0.39 is 0 Å². The Morgan fingerprint density at radius 3 is 2.20 bits per heavy atom.